The van der Waals surface area contributed by atoms with Crippen LogP contribution in [0.5, 0.6) is 5.75 Å². The van der Waals surface area contributed by atoms with Crippen molar-refractivity contribution in [2.75, 3.05) is 0 Å². The van der Waals surface area contributed by atoms with Gasteiger partial charge in [-0.1, -0.05) is 0 Å². The Balaban J connectivity index is 2.04. The van der Waals surface area contributed by atoms with Gasteiger partial charge in [-0.25, -0.2) is 0 Å². The number of nitrogens with one attached hydrogen (secondary N) is 1. The van der Waals surface area contributed by atoms with Gasteiger partial charge in [0, 0.05) is 24.4 Å². The standard InChI is InChI=1S/C16H15NO4/c1-10(18)17-9-14-13-7-11(19)4-5-15(13)21-16(14)8-12-3-2-6-20-12/h2-7,19H,8-9H2,1H3,(H,17,18). The van der Waals surface area contributed by atoms with Crippen molar-refractivity contribution >= 4 is 16.9 Å². The lowest BCUT2D eigenvalue weighted by Gasteiger charge is -2.03. The molecule has 5 heteroatoms. The number of hydrogen-bond donors (Lipinski definition) is 2. The number of benzene rings is 1. The van der Waals surface area contributed by atoms with Crippen molar-refractivity contribution in [3.63, 3.8) is 0 Å². The van der Waals surface area contributed by atoms with E-state index in [1.165, 1.54) is 6.92 Å². The van der Waals surface area contributed by atoms with E-state index in [1.54, 1.807) is 24.5 Å². The minimum atomic E-state index is -0.117. The Labute approximate surface area is 121 Å². The highest BCUT2D eigenvalue weighted by Crippen LogP contribution is 2.30. The number of carbonyl (C=O) groups is 1. The van der Waals surface area contributed by atoms with Gasteiger partial charge in [-0.2, -0.15) is 0 Å². The van der Waals surface area contributed by atoms with Crippen molar-refractivity contribution in [2.24, 2.45) is 0 Å². The molecule has 0 aliphatic carbocycles. The fourth-order valence-corrected chi connectivity index (χ4v) is 2.31. The maximum atomic E-state index is 11.2. The van der Waals surface area contributed by atoms with E-state index in [2.05, 4.69) is 5.32 Å². The monoisotopic (exact) mass is 285 g/mol. The fraction of sp³-hybridized carbons (Fsp3) is 0.188. The molecule has 5 nitrogen and oxygen atoms in total. The van der Waals surface area contributed by atoms with Crippen LogP contribution in [0.25, 0.3) is 11.0 Å². The van der Waals surface area contributed by atoms with Crippen molar-refractivity contribution in [1.29, 1.82) is 0 Å². The molecule has 0 atom stereocenters. The third-order valence-corrected chi connectivity index (χ3v) is 3.29. The van der Waals surface area contributed by atoms with Crippen LogP contribution in [0.3, 0.4) is 0 Å². The first-order chi connectivity index (χ1) is 10.1. The van der Waals surface area contributed by atoms with Crippen LogP contribution in [0.1, 0.15) is 24.0 Å². The molecule has 1 aromatic carbocycles. The Kier molecular flexibility index (Phi) is 3.39. The molecular weight excluding hydrogens is 270 g/mol. The van der Waals surface area contributed by atoms with Gasteiger partial charge in [-0.3, -0.25) is 4.79 Å². The lowest BCUT2D eigenvalue weighted by molar-refractivity contribution is -0.119. The van der Waals surface area contributed by atoms with Crippen molar-refractivity contribution in [1.82, 2.24) is 5.32 Å². The first kappa shape index (κ1) is 13.3. The molecule has 3 aromatic rings. The molecule has 0 unspecified atom stereocenters. The highest BCUT2D eigenvalue weighted by Gasteiger charge is 2.16. The Bertz CT molecular complexity index is 771. The Morgan fingerprint density at radius 3 is 2.90 bits per heavy atom. The molecule has 21 heavy (non-hydrogen) atoms. The zero-order valence-corrected chi connectivity index (χ0v) is 11.6. The van der Waals surface area contributed by atoms with Crippen LogP contribution >= 0.6 is 0 Å². The number of rotatable bonds is 4. The maximum absolute atomic E-state index is 11.2. The molecule has 0 spiro atoms. The zero-order chi connectivity index (χ0) is 14.8. The van der Waals surface area contributed by atoms with Gasteiger partial charge in [-0.15, -0.1) is 0 Å². The van der Waals surface area contributed by atoms with Gasteiger partial charge in [0.05, 0.1) is 12.7 Å². The minimum Gasteiger partial charge on any atom is -0.508 e. The van der Waals surface area contributed by atoms with Crippen LogP contribution in [0, 0.1) is 0 Å². The summed E-state index contributed by atoms with van der Waals surface area (Å²) in [6, 6.07) is 8.62. The van der Waals surface area contributed by atoms with Crippen LogP contribution in [0.2, 0.25) is 0 Å². The van der Waals surface area contributed by atoms with E-state index >= 15 is 0 Å². The molecule has 1 amide bonds. The summed E-state index contributed by atoms with van der Waals surface area (Å²) in [5.41, 5.74) is 1.53. The van der Waals surface area contributed by atoms with Gasteiger partial charge in [0.1, 0.15) is 22.9 Å². The van der Waals surface area contributed by atoms with Crippen LogP contribution in [0.15, 0.2) is 45.4 Å². The summed E-state index contributed by atoms with van der Waals surface area (Å²) in [6.07, 6.45) is 2.11. The summed E-state index contributed by atoms with van der Waals surface area (Å²) in [5.74, 6) is 1.55. The Morgan fingerprint density at radius 2 is 2.19 bits per heavy atom. The van der Waals surface area contributed by atoms with Gasteiger partial charge >= 0.3 is 0 Å². The topological polar surface area (TPSA) is 75.6 Å². The molecule has 0 saturated heterocycles. The molecule has 0 bridgehead atoms. The Hall–Kier alpha value is -2.69. The molecule has 0 radical (unpaired) electrons. The van der Waals surface area contributed by atoms with Gasteiger partial charge in [0.25, 0.3) is 0 Å². The largest absolute Gasteiger partial charge is 0.508 e. The summed E-state index contributed by atoms with van der Waals surface area (Å²) >= 11 is 0. The van der Waals surface area contributed by atoms with Gasteiger partial charge in [-0.05, 0) is 30.3 Å². The second kappa shape index (κ2) is 5.36. The second-order valence-corrected chi connectivity index (χ2v) is 4.85. The van der Waals surface area contributed by atoms with Gasteiger partial charge < -0.3 is 19.3 Å². The average Bonchev–Trinajstić information content (AvgIpc) is 3.04. The highest BCUT2D eigenvalue weighted by atomic mass is 16.3. The Morgan fingerprint density at radius 1 is 1.33 bits per heavy atom. The maximum Gasteiger partial charge on any atom is 0.217 e. The second-order valence-electron chi connectivity index (χ2n) is 4.85. The lowest BCUT2D eigenvalue weighted by atomic mass is 10.1. The zero-order valence-electron chi connectivity index (χ0n) is 11.6. The predicted molar refractivity (Wildman–Crippen MR) is 76.9 cm³/mol. The molecule has 0 fully saturated rings. The predicted octanol–water partition coefficient (Wildman–Crippen LogP) is 2.96. The van der Waals surface area contributed by atoms with Gasteiger partial charge in [0.15, 0.2) is 0 Å². The minimum absolute atomic E-state index is 0.117. The van der Waals surface area contributed by atoms with Crippen molar-refractivity contribution in [2.45, 2.75) is 19.9 Å². The molecule has 0 saturated carbocycles. The normalized spacial score (nSPS) is 10.9. The van der Waals surface area contributed by atoms with E-state index < -0.39 is 0 Å². The van der Waals surface area contributed by atoms with Crippen molar-refractivity contribution < 1.29 is 18.7 Å². The SMILES string of the molecule is CC(=O)NCc1c(Cc2ccco2)oc2ccc(O)cc12. The van der Waals surface area contributed by atoms with E-state index in [0.29, 0.717) is 18.5 Å². The molecule has 3 rings (SSSR count). The lowest BCUT2D eigenvalue weighted by Crippen LogP contribution is -2.19. The van der Waals surface area contributed by atoms with Gasteiger partial charge in [0.2, 0.25) is 5.91 Å². The molecule has 108 valence electrons. The van der Waals surface area contributed by atoms with Crippen molar-refractivity contribution in [3.8, 4) is 5.75 Å². The average molecular weight is 285 g/mol. The quantitative estimate of drug-likeness (QED) is 0.772. The molecular formula is C16H15NO4. The highest BCUT2D eigenvalue weighted by molar-refractivity contribution is 5.84. The first-order valence-electron chi connectivity index (χ1n) is 6.63. The number of amides is 1. The third kappa shape index (κ3) is 2.76. The summed E-state index contributed by atoms with van der Waals surface area (Å²) < 4.78 is 11.2. The first-order valence-corrected chi connectivity index (χ1v) is 6.63. The number of hydrogen-bond acceptors (Lipinski definition) is 4. The fourth-order valence-electron chi connectivity index (χ4n) is 2.31. The van der Waals surface area contributed by atoms with E-state index in [1.807, 2.05) is 12.1 Å². The number of phenolic OH excluding ortho intramolecular Hbond substituents is 1. The number of phenols is 1. The van der Waals surface area contributed by atoms with E-state index in [-0.39, 0.29) is 11.7 Å². The summed E-state index contributed by atoms with van der Waals surface area (Å²) in [7, 11) is 0. The van der Waals surface area contributed by atoms with E-state index in [0.717, 1.165) is 22.5 Å². The molecule has 0 aliphatic rings. The third-order valence-electron chi connectivity index (χ3n) is 3.29. The van der Waals surface area contributed by atoms with Crippen LogP contribution in [-0.2, 0) is 17.8 Å². The van der Waals surface area contributed by atoms with Crippen LogP contribution in [-0.4, -0.2) is 11.0 Å². The molecule has 2 heterocycles. The van der Waals surface area contributed by atoms with E-state index in [4.69, 9.17) is 8.83 Å². The number of fused-ring (bicyclic) bond motifs is 1. The smallest absolute Gasteiger partial charge is 0.217 e. The number of furan rings is 2. The molecule has 2 aromatic heterocycles. The molecule has 0 aliphatic heterocycles. The number of aromatic hydroxyl groups is 1. The van der Waals surface area contributed by atoms with E-state index in [9.17, 15) is 9.90 Å². The van der Waals surface area contributed by atoms with Crippen molar-refractivity contribution in [3.05, 3.63) is 53.7 Å². The summed E-state index contributed by atoms with van der Waals surface area (Å²) in [4.78, 5) is 11.2. The summed E-state index contributed by atoms with van der Waals surface area (Å²) in [6.45, 7) is 1.81. The molecule has 2 N–H and O–H groups in total. The van der Waals surface area contributed by atoms with Crippen LogP contribution in [0.4, 0.5) is 0 Å². The van der Waals surface area contributed by atoms with Crippen LogP contribution < -0.4 is 5.32 Å². The number of carbonyl (C=O) groups excluding carboxylic acids is 1. The summed E-state index contributed by atoms with van der Waals surface area (Å²) in [5, 5.41) is 13.2.